The van der Waals surface area contributed by atoms with Crippen LogP contribution in [0.15, 0.2) is 23.0 Å². The van der Waals surface area contributed by atoms with Gasteiger partial charge in [-0.15, -0.1) is 0 Å². The number of aromatic hydroxyl groups is 1. The van der Waals surface area contributed by atoms with Crippen molar-refractivity contribution in [1.29, 1.82) is 0 Å². The maximum atomic E-state index is 13.4. The number of pyridine rings is 1. The average Bonchev–Trinajstić information content (AvgIpc) is 2.74. The fraction of sp³-hybridized carbons (Fsp3) is 0.640. The number of benzene rings is 1. The van der Waals surface area contributed by atoms with Gasteiger partial charge < -0.3 is 19.1 Å². The van der Waals surface area contributed by atoms with Crippen molar-refractivity contribution in [2.45, 2.75) is 91.5 Å². The normalized spacial score (nSPS) is 11.2. The summed E-state index contributed by atoms with van der Waals surface area (Å²) in [4.78, 5) is 13.4. The maximum Gasteiger partial charge on any atom is 0.297 e. The predicted octanol–water partition coefficient (Wildman–Crippen LogP) is 6.43. The number of aryl methyl sites for hydroxylation is 1. The molecule has 0 bridgehead atoms. The third-order valence-electron chi connectivity index (χ3n) is 5.39. The second-order valence-corrected chi connectivity index (χ2v) is 7.99. The summed E-state index contributed by atoms with van der Waals surface area (Å²) in [6.07, 6.45) is 10.7. The molecule has 0 aliphatic carbocycles. The fourth-order valence-electron chi connectivity index (χ4n) is 3.57. The SMILES string of the molecule is CCCCCCCCn1c(=O)c(OCCCC)c(OCCCC)c2ccc(O)cc21. The molecule has 0 unspecified atom stereocenters. The van der Waals surface area contributed by atoms with E-state index in [1.807, 2.05) is 6.07 Å². The highest BCUT2D eigenvalue weighted by Crippen LogP contribution is 2.35. The van der Waals surface area contributed by atoms with Gasteiger partial charge in [-0.25, -0.2) is 0 Å². The monoisotopic (exact) mass is 417 g/mol. The zero-order valence-corrected chi connectivity index (χ0v) is 19.0. The number of fused-ring (bicyclic) bond motifs is 1. The van der Waals surface area contributed by atoms with Crippen LogP contribution in [0.25, 0.3) is 10.9 Å². The van der Waals surface area contributed by atoms with E-state index in [0.717, 1.165) is 43.9 Å². The Balaban J connectivity index is 2.39. The Labute approximate surface area is 181 Å². The topological polar surface area (TPSA) is 60.7 Å². The highest BCUT2D eigenvalue weighted by Gasteiger charge is 2.20. The summed E-state index contributed by atoms with van der Waals surface area (Å²) in [5, 5.41) is 10.9. The molecule has 0 fully saturated rings. The number of hydrogen-bond donors (Lipinski definition) is 1. The van der Waals surface area contributed by atoms with Crippen molar-refractivity contribution in [1.82, 2.24) is 4.57 Å². The molecule has 1 N–H and O–H groups in total. The number of phenolic OH excluding ortho intramolecular Hbond substituents is 1. The molecule has 30 heavy (non-hydrogen) atoms. The van der Waals surface area contributed by atoms with Gasteiger partial charge in [-0.05, 0) is 31.4 Å². The Bertz CT molecular complexity index is 828. The molecule has 2 rings (SSSR count). The first kappa shape index (κ1) is 24.1. The van der Waals surface area contributed by atoms with Crippen LogP contribution < -0.4 is 15.0 Å². The Morgan fingerprint density at radius 3 is 2.07 bits per heavy atom. The Morgan fingerprint density at radius 1 is 0.800 bits per heavy atom. The van der Waals surface area contributed by atoms with Crippen LogP contribution >= 0.6 is 0 Å². The van der Waals surface area contributed by atoms with Gasteiger partial charge in [0.25, 0.3) is 5.56 Å². The molecule has 5 nitrogen and oxygen atoms in total. The van der Waals surface area contributed by atoms with Gasteiger partial charge in [-0.1, -0.05) is 65.7 Å². The summed E-state index contributed by atoms with van der Waals surface area (Å²) in [5.74, 6) is 0.972. The number of phenols is 1. The molecular formula is C25H39NO4. The van der Waals surface area contributed by atoms with Crippen LogP contribution in [0.3, 0.4) is 0 Å². The summed E-state index contributed by atoms with van der Waals surface area (Å²) in [6.45, 7) is 8.07. The lowest BCUT2D eigenvalue weighted by atomic mass is 10.1. The lowest BCUT2D eigenvalue weighted by Gasteiger charge is -2.19. The molecule has 0 aliphatic heterocycles. The molecule has 5 heteroatoms. The second kappa shape index (κ2) is 13.2. The molecule has 0 amide bonds. The van der Waals surface area contributed by atoms with Gasteiger partial charge in [0.05, 0.1) is 18.7 Å². The van der Waals surface area contributed by atoms with Crippen molar-refractivity contribution < 1.29 is 14.6 Å². The number of nitrogens with zero attached hydrogens (tertiary/aromatic N) is 1. The molecule has 2 aromatic rings. The molecule has 0 saturated carbocycles. The van der Waals surface area contributed by atoms with E-state index in [4.69, 9.17) is 9.47 Å². The van der Waals surface area contributed by atoms with Crippen LogP contribution in [-0.4, -0.2) is 22.9 Å². The van der Waals surface area contributed by atoms with Crippen LogP contribution in [0.4, 0.5) is 0 Å². The zero-order valence-electron chi connectivity index (χ0n) is 19.0. The van der Waals surface area contributed by atoms with Gasteiger partial charge in [0.2, 0.25) is 5.75 Å². The van der Waals surface area contributed by atoms with Crippen LogP contribution in [0.5, 0.6) is 17.2 Å². The van der Waals surface area contributed by atoms with Gasteiger partial charge >= 0.3 is 0 Å². The van der Waals surface area contributed by atoms with E-state index in [-0.39, 0.29) is 11.3 Å². The molecule has 0 saturated heterocycles. The average molecular weight is 418 g/mol. The molecule has 0 aliphatic rings. The maximum absolute atomic E-state index is 13.4. The van der Waals surface area contributed by atoms with Crippen molar-refractivity contribution in [3.63, 3.8) is 0 Å². The van der Waals surface area contributed by atoms with E-state index in [2.05, 4.69) is 20.8 Å². The number of ether oxygens (including phenoxy) is 2. The van der Waals surface area contributed by atoms with Crippen LogP contribution in [0.2, 0.25) is 0 Å². The molecule has 1 aromatic carbocycles. The standard InChI is InChI=1S/C25H39NO4/c1-4-7-10-11-12-13-16-26-22-19-20(27)14-15-21(22)23(29-17-8-5-2)24(25(26)28)30-18-9-6-3/h14-15,19,27H,4-13,16-18H2,1-3H3. The molecular weight excluding hydrogens is 378 g/mol. The molecule has 0 radical (unpaired) electrons. The molecule has 1 aromatic heterocycles. The first-order chi connectivity index (χ1) is 14.6. The fourth-order valence-corrected chi connectivity index (χ4v) is 3.57. The highest BCUT2D eigenvalue weighted by atomic mass is 16.5. The van der Waals surface area contributed by atoms with Crippen molar-refractivity contribution in [3.8, 4) is 17.2 Å². The minimum Gasteiger partial charge on any atom is -0.508 e. The summed E-state index contributed by atoms with van der Waals surface area (Å²) in [7, 11) is 0. The summed E-state index contributed by atoms with van der Waals surface area (Å²) >= 11 is 0. The van der Waals surface area contributed by atoms with Crippen LogP contribution in [-0.2, 0) is 6.54 Å². The van der Waals surface area contributed by atoms with Crippen molar-refractivity contribution in [2.75, 3.05) is 13.2 Å². The van der Waals surface area contributed by atoms with Crippen molar-refractivity contribution in [3.05, 3.63) is 28.6 Å². The Hall–Kier alpha value is -2.17. The number of rotatable bonds is 15. The quantitative estimate of drug-likeness (QED) is 0.339. The van der Waals surface area contributed by atoms with Gasteiger partial charge in [0.15, 0.2) is 5.75 Å². The van der Waals surface area contributed by atoms with Crippen LogP contribution in [0, 0.1) is 0 Å². The van der Waals surface area contributed by atoms with Gasteiger partial charge in [-0.3, -0.25) is 4.79 Å². The molecule has 0 atom stereocenters. The van der Waals surface area contributed by atoms with E-state index in [1.54, 1.807) is 16.7 Å². The highest BCUT2D eigenvalue weighted by molar-refractivity contribution is 5.89. The van der Waals surface area contributed by atoms with Crippen molar-refractivity contribution in [2.24, 2.45) is 0 Å². The largest absolute Gasteiger partial charge is 0.508 e. The second-order valence-electron chi connectivity index (χ2n) is 7.99. The van der Waals surface area contributed by atoms with E-state index in [9.17, 15) is 9.90 Å². The third kappa shape index (κ3) is 6.68. The minimum atomic E-state index is -0.163. The smallest absolute Gasteiger partial charge is 0.297 e. The molecule has 0 spiro atoms. The Kier molecular flexibility index (Phi) is 10.6. The van der Waals surface area contributed by atoms with E-state index < -0.39 is 0 Å². The summed E-state index contributed by atoms with van der Waals surface area (Å²) in [6, 6.07) is 5.14. The van der Waals surface area contributed by atoms with Crippen LogP contribution in [0.1, 0.15) is 85.0 Å². The zero-order chi connectivity index (χ0) is 21.8. The number of aromatic nitrogens is 1. The summed E-state index contributed by atoms with van der Waals surface area (Å²) in [5.41, 5.74) is 0.548. The first-order valence-corrected chi connectivity index (χ1v) is 11.8. The number of hydrogen-bond acceptors (Lipinski definition) is 4. The molecule has 168 valence electrons. The lowest BCUT2D eigenvalue weighted by Crippen LogP contribution is -2.24. The lowest BCUT2D eigenvalue weighted by molar-refractivity contribution is 0.259. The van der Waals surface area contributed by atoms with Gasteiger partial charge in [0.1, 0.15) is 5.75 Å². The minimum absolute atomic E-state index is 0.151. The Morgan fingerprint density at radius 2 is 1.40 bits per heavy atom. The third-order valence-corrected chi connectivity index (χ3v) is 5.39. The van der Waals surface area contributed by atoms with E-state index >= 15 is 0 Å². The summed E-state index contributed by atoms with van der Waals surface area (Å²) < 4.78 is 13.8. The van der Waals surface area contributed by atoms with Crippen molar-refractivity contribution >= 4 is 10.9 Å². The van der Waals surface area contributed by atoms with E-state index in [0.29, 0.717) is 36.8 Å². The van der Waals surface area contributed by atoms with E-state index in [1.165, 1.54) is 25.7 Å². The van der Waals surface area contributed by atoms with Gasteiger partial charge in [0, 0.05) is 18.0 Å². The molecule has 1 heterocycles. The number of unbranched alkanes of at least 4 members (excludes halogenated alkanes) is 7. The van der Waals surface area contributed by atoms with Gasteiger partial charge in [-0.2, -0.15) is 0 Å². The predicted molar refractivity (Wildman–Crippen MR) is 124 cm³/mol. The first-order valence-electron chi connectivity index (χ1n) is 11.8.